The second-order valence-corrected chi connectivity index (χ2v) is 20.4. The third-order valence-corrected chi connectivity index (χ3v) is 16.7. The van der Waals surface area contributed by atoms with Crippen LogP contribution in [0.2, 0.25) is 0 Å². The average molecular weight is 950 g/mol. The Hall–Kier alpha value is -5.71. The van der Waals surface area contributed by atoms with E-state index in [4.69, 9.17) is 23.7 Å². The molecule has 16 nitrogen and oxygen atoms in total. The molecule has 1 saturated carbocycles. The summed E-state index contributed by atoms with van der Waals surface area (Å²) in [6.45, 7) is 11.1. The number of benzene rings is 2. The van der Waals surface area contributed by atoms with Crippen LogP contribution in [0.5, 0.6) is 5.75 Å². The van der Waals surface area contributed by atoms with Crippen LogP contribution in [0, 0.1) is 17.3 Å². The van der Waals surface area contributed by atoms with Crippen molar-refractivity contribution in [2.75, 3.05) is 66.6 Å². The van der Waals surface area contributed by atoms with Gasteiger partial charge in [0.15, 0.2) is 6.10 Å². The predicted molar refractivity (Wildman–Crippen MR) is 257 cm³/mol. The van der Waals surface area contributed by atoms with Crippen LogP contribution in [0.4, 0.5) is 5.69 Å². The second kappa shape index (κ2) is 17.6. The van der Waals surface area contributed by atoms with Crippen LogP contribution in [0.25, 0.3) is 10.9 Å². The average Bonchev–Trinajstić information content (AvgIpc) is 3.99. The summed E-state index contributed by atoms with van der Waals surface area (Å²) in [6, 6.07) is 9.12. The van der Waals surface area contributed by atoms with E-state index in [2.05, 4.69) is 33.1 Å². The van der Waals surface area contributed by atoms with E-state index in [0.29, 0.717) is 79.2 Å². The number of methoxy groups -OCH3 is 4. The SMILES string of the molecule is CCC1=C[C@H]2CN(C1)[C@H](C(=O)NC(C)C)[C@H](C(=O)OC)Cc1c([nH]c3ccccc13)[C@@](C(=O)OC)(c1cc3c(cc1OC)N(C)[C@H]1[C@@](O)(C(=O)OC)[C@H](OC(C)=O)[C@]4(CC)C=CCN5CC[C@]31[C@@H]54)C2. The summed E-state index contributed by atoms with van der Waals surface area (Å²) in [4.78, 5) is 82.5. The number of carbonyl (C=O) groups excluding carboxylic acids is 5. The van der Waals surface area contributed by atoms with Crippen LogP contribution in [0.15, 0.2) is 60.2 Å². The highest BCUT2D eigenvalue weighted by atomic mass is 16.6. The summed E-state index contributed by atoms with van der Waals surface area (Å²) in [5.74, 6) is -3.97. The zero-order valence-electron chi connectivity index (χ0n) is 41.5. The van der Waals surface area contributed by atoms with Crippen molar-refractivity contribution in [3.63, 3.8) is 0 Å². The molecule has 3 aromatic rings. The van der Waals surface area contributed by atoms with Gasteiger partial charge in [-0.3, -0.25) is 29.0 Å². The number of nitrogens with one attached hydrogen (secondary N) is 2. The number of likely N-dealkylation sites (N-methyl/N-ethyl adjacent to an activating group) is 1. The first-order valence-corrected chi connectivity index (χ1v) is 24.3. The maximum Gasteiger partial charge on any atom is 0.344 e. The van der Waals surface area contributed by atoms with Gasteiger partial charge < -0.3 is 44.0 Å². The number of aromatic nitrogens is 1. The lowest BCUT2D eigenvalue weighted by atomic mass is 9.47. The molecule has 9 rings (SSSR count). The molecule has 3 N–H and O–H groups in total. The maximum absolute atomic E-state index is 15.8. The molecule has 1 aromatic heterocycles. The van der Waals surface area contributed by atoms with Crippen LogP contribution < -0.4 is 15.0 Å². The van der Waals surface area contributed by atoms with Crippen molar-refractivity contribution in [3.05, 3.63) is 82.6 Å². The summed E-state index contributed by atoms with van der Waals surface area (Å²) in [5.41, 5.74) is -1.22. The highest BCUT2D eigenvalue weighted by Crippen LogP contribution is 2.68. The van der Waals surface area contributed by atoms with E-state index in [1.807, 2.05) is 81.3 Å². The molecule has 2 fully saturated rings. The first-order chi connectivity index (χ1) is 33.0. The van der Waals surface area contributed by atoms with E-state index in [0.717, 1.165) is 16.5 Å². The Kier molecular flexibility index (Phi) is 12.3. The number of aliphatic hydroxyl groups is 1. The van der Waals surface area contributed by atoms with Crippen LogP contribution in [0.3, 0.4) is 0 Å². The number of H-pyrrole nitrogens is 1. The molecule has 5 aliphatic heterocycles. The Morgan fingerprint density at radius 1 is 0.957 bits per heavy atom. The third-order valence-electron chi connectivity index (χ3n) is 16.7. The smallest absolute Gasteiger partial charge is 0.344 e. The Labute approximate surface area is 403 Å². The summed E-state index contributed by atoms with van der Waals surface area (Å²) in [7, 11) is 7.33. The number of fused-ring (bicyclic) bond motifs is 6. The van der Waals surface area contributed by atoms with E-state index in [1.54, 1.807) is 7.11 Å². The predicted octanol–water partition coefficient (Wildman–Crippen LogP) is 4.48. The lowest BCUT2D eigenvalue weighted by Crippen LogP contribution is -2.81. The molecular weight excluding hydrogens is 883 g/mol. The van der Waals surface area contributed by atoms with E-state index < -0.39 is 69.8 Å². The van der Waals surface area contributed by atoms with Gasteiger partial charge in [0, 0.05) is 90.4 Å². The zero-order valence-corrected chi connectivity index (χ0v) is 41.5. The van der Waals surface area contributed by atoms with Gasteiger partial charge >= 0.3 is 23.9 Å². The fourth-order valence-corrected chi connectivity index (χ4v) is 14.4. The first-order valence-electron chi connectivity index (χ1n) is 24.3. The van der Waals surface area contributed by atoms with Crippen molar-refractivity contribution in [3.8, 4) is 5.75 Å². The van der Waals surface area contributed by atoms with Gasteiger partial charge in [-0.1, -0.05) is 55.8 Å². The molecule has 16 heteroatoms. The maximum atomic E-state index is 15.8. The molecule has 1 aliphatic carbocycles. The molecule has 0 radical (unpaired) electrons. The number of amides is 1. The minimum Gasteiger partial charge on any atom is -0.496 e. The first kappa shape index (κ1) is 48.3. The Bertz CT molecular complexity index is 2660. The second-order valence-electron chi connectivity index (χ2n) is 20.4. The molecule has 6 heterocycles. The topological polar surface area (TPSA) is 189 Å². The fraction of sp³-hybridized carbons (Fsp3) is 0.566. The van der Waals surface area contributed by atoms with Crippen LogP contribution >= 0.6 is 0 Å². The van der Waals surface area contributed by atoms with Gasteiger partial charge in [0.1, 0.15) is 17.2 Å². The molecule has 1 unspecified atom stereocenters. The summed E-state index contributed by atoms with van der Waals surface area (Å²) in [6.07, 6.45) is 6.70. The number of hydrogen-bond donors (Lipinski definition) is 3. The highest BCUT2D eigenvalue weighted by molar-refractivity contribution is 5.96. The summed E-state index contributed by atoms with van der Waals surface area (Å²) < 4.78 is 29.7. The summed E-state index contributed by atoms with van der Waals surface area (Å²) >= 11 is 0. The van der Waals surface area contributed by atoms with Gasteiger partial charge in [0.2, 0.25) is 11.5 Å². The van der Waals surface area contributed by atoms with Gasteiger partial charge in [0.25, 0.3) is 0 Å². The van der Waals surface area contributed by atoms with E-state index in [-0.39, 0.29) is 36.8 Å². The quantitative estimate of drug-likeness (QED) is 0.147. The van der Waals surface area contributed by atoms with Gasteiger partial charge in [-0.15, -0.1) is 0 Å². The Morgan fingerprint density at radius 2 is 1.70 bits per heavy atom. The van der Waals surface area contributed by atoms with Crippen molar-refractivity contribution in [1.29, 1.82) is 0 Å². The number of para-hydroxylation sites is 1. The van der Waals surface area contributed by atoms with Gasteiger partial charge in [-0.2, -0.15) is 0 Å². The van der Waals surface area contributed by atoms with Crippen LogP contribution in [0.1, 0.15) is 82.7 Å². The van der Waals surface area contributed by atoms with Gasteiger partial charge in [-0.25, -0.2) is 4.79 Å². The molecule has 6 aliphatic rings. The van der Waals surface area contributed by atoms with Crippen LogP contribution in [-0.4, -0.2) is 147 Å². The summed E-state index contributed by atoms with van der Waals surface area (Å²) in [5, 5.41) is 17.4. The number of hydrogen-bond acceptors (Lipinski definition) is 14. The number of carbonyl (C=O) groups is 5. The Morgan fingerprint density at radius 3 is 2.35 bits per heavy atom. The van der Waals surface area contributed by atoms with Crippen molar-refractivity contribution in [2.24, 2.45) is 17.3 Å². The van der Waals surface area contributed by atoms with Crippen molar-refractivity contribution in [2.45, 2.75) is 113 Å². The Balaban J connectivity index is 1.38. The number of ether oxygens (including phenoxy) is 5. The van der Waals surface area contributed by atoms with E-state index in [1.165, 1.54) is 28.3 Å². The number of aromatic amines is 1. The van der Waals surface area contributed by atoms with Crippen molar-refractivity contribution < 1.29 is 52.8 Å². The standard InChI is InChI=1S/C53H67N5O11/c1-11-31-22-32-26-52(48(62)67-9,42-34(33-16-13-14-17-38(33)55-42)23-35(44(61)66-8)41(58(27-31)28-32)43(60)54-29(3)4)37-24-36-39(25-40(37)65-7)56(6)46-51(36)19-21-57-20-15-18-50(12-2,45(51)57)47(69-30(5)59)53(46,64)49(63)68-10/h13-18,22,24-25,29,32,35,41,45-47,55,64H,11-12,19-21,23,26-28H2,1-10H3,(H,54,60)/t32-,35-,41+,45+,46-,47-,50-,51-,52+,53+/m1/s1. The molecule has 2 aromatic carbocycles. The van der Waals surface area contributed by atoms with E-state index >= 15 is 4.79 Å². The molecule has 1 spiro atoms. The van der Waals surface area contributed by atoms with Crippen molar-refractivity contribution in [1.82, 2.24) is 20.1 Å². The molecular formula is C53H67N5O11. The third kappa shape index (κ3) is 6.81. The molecule has 2 bridgehead atoms. The minimum absolute atomic E-state index is 0.0291. The zero-order chi connectivity index (χ0) is 49.5. The van der Waals surface area contributed by atoms with Gasteiger partial charge in [0.05, 0.1) is 40.4 Å². The molecule has 1 saturated heterocycles. The molecule has 370 valence electrons. The highest BCUT2D eigenvalue weighted by Gasteiger charge is 2.80. The minimum atomic E-state index is -2.37. The van der Waals surface area contributed by atoms with E-state index in [9.17, 15) is 24.3 Å². The number of anilines is 1. The fourth-order valence-electron chi connectivity index (χ4n) is 14.4. The number of esters is 4. The molecule has 1 amide bonds. The lowest BCUT2D eigenvalue weighted by molar-refractivity contribution is -0.228. The number of rotatable bonds is 10. The van der Waals surface area contributed by atoms with Crippen molar-refractivity contribution >= 4 is 46.4 Å². The molecule has 11 atom stereocenters. The normalized spacial score (nSPS) is 33.3. The largest absolute Gasteiger partial charge is 0.496 e. The number of nitrogens with zero attached hydrogens (tertiary/aromatic N) is 3. The monoisotopic (exact) mass is 949 g/mol. The van der Waals surface area contributed by atoms with Gasteiger partial charge in [-0.05, 0) is 81.7 Å². The lowest BCUT2D eigenvalue weighted by Gasteiger charge is -2.63. The van der Waals surface area contributed by atoms with Crippen LogP contribution in [-0.2, 0) is 60.2 Å². The molecule has 69 heavy (non-hydrogen) atoms.